The van der Waals surface area contributed by atoms with Crippen LogP contribution in [0, 0.1) is 11.3 Å². The number of nitriles is 1. The molecule has 1 saturated carbocycles. The van der Waals surface area contributed by atoms with Gasteiger partial charge in [0.15, 0.2) is 4.34 Å². The van der Waals surface area contributed by atoms with E-state index < -0.39 is 5.54 Å². The standard InChI is InChI=1S/C14H21N5OS2/c1-2-8-16-12-18-19-13(22-12)21-9-11(20)17-14(10-15)6-4-3-5-7-14/h2-9H2,1H3,(H,16,18)(H,17,20). The molecule has 6 nitrogen and oxygen atoms in total. The van der Waals surface area contributed by atoms with Crippen molar-refractivity contribution in [3.8, 4) is 6.07 Å². The lowest BCUT2D eigenvalue weighted by molar-refractivity contribution is -0.120. The Hall–Kier alpha value is -1.33. The van der Waals surface area contributed by atoms with Gasteiger partial charge in [-0.1, -0.05) is 49.3 Å². The first-order valence-electron chi connectivity index (χ1n) is 7.60. The van der Waals surface area contributed by atoms with E-state index in [2.05, 4.69) is 33.8 Å². The van der Waals surface area contributed by atoms with Crippen LogP contribution in [0.3, 0.4) is 0 Å². The van der Waals surface area contributed by atoms with Gasteiger partial charge in [-0.25, -0.2) is 0 Å². The Balaban J connectivity index is 1.79. The van der Waals surface area contributed by atoms with Crippen LogP contribution in [0.4, 0.5) is 5.13 Å². The van der Waals surface area contributed by atoms with Gasteiger partial charge in [0.2, 0.25) is 11.0 Å². The van der Waals surface area contributed by atoms with Crippen molar-refractivity contribution in [2.75, 3.05) is 17.6 Å². The first-order chi connectivity index (χ1) is 10.7. The largest absolute Gasteiger partial charge is 0.360 e. The Morgan fingerprint density at radius 1 is 1.41 bits per heavy atom. The molecular formula is C14H21N5OS2. The fourth-order valence-corrected chi connectivity index (χ4v) is 4.00. The van der Waals surface area contributed by atoms with Crippen molar-refractivity contribution in [3.63, 3.8) is 0 Å². The quantitative estimate of drug-likeness (QED) is 0.742. The highest BCUT2D eigenvalue weighted by Crippen LogP contribution is 2.29. The van der Waals surface area contributed by atoms with Gasteiger partial charge in [-0.3, -0.25) is 4.79 Å². The van der Waals surface area contributed by atoms with Crippen LogP contribution in [-0.4, -0.2) is 33.9 Å². The predicted octanol–water partition coefficient (Wildman–Crippen LogP) is 2.79. The van der Waals surface area contributed by atoms with Crippen LogP contribution in [0.2, 0.25) is 0 Å². The molecule has 1 fully saturated rings. The Morgan fingerprint density at radius 2 is 2.18 bits per heavy atom. The number of anilines is 1. The van der Waals surface area contributed by atoms with Gasteiger partial charge in [0, 0.05) is 6.54 Å². The number of carbonyl (C=O) groups is 1. The normalized spacial score (nSPS) is 16.7. The summed E-state index contributed by atoms with van der Waals surface area (Å²) in [5, 5.41) is 24.3. The van der Waals surface area contributed by atoms with Crippen LogP contribution < -0.4 is 10.6 Å². The number of thioether (sulfide) groups is 1. The average molecular weight is 339 g/mol. The summed E-state index contributed by atoms with van der Waals surface area (Å²) in [7, 11) is 0. The summed E-state index contributed by atoms with van der Waals surface area (Å²) in [4.78, 5) is 12.1. The van der Waals surface area contributed by atoms with E-state index in [1.165, 1.54) is 23.1 Å². The van der Waals surface area contributed by atoms with Crippen LogP contribution >= 0.6 is 23.1 Å². The second-order valence-electron chi connectivity index (χ2n) is 5.39. The van der Waals surface area contributed by atoms with E-state index in [1.54, 1.807) is 0 Å². The molecule has 0 bridgehead atoms. The Kier molecular flexibility index (Phi) is 6.46. The molecule has 8 heteroatoms. The smallest absolute Gasteiger partial charge is 0.231 e. The summed E-state index contributed by atoms with van der Waals surface area (Å²) in [5.74, 6) is 0.165. The van der Waals surface area contributed by atoms with Gasteiger partial charge >= 0.3 is 0 Å². The minimum absolute atomic E-state index is 0.105. The lowest BCUT2D eigenvalue weighted by Crippen LogP contribution is -2.49. The lowest BCUT2D eigenvalue weighted by Gasteiger charge is -2.31. The number of hydrogen-bond acceptors (Lipinski definition) is 7. The van der Waals surface area contributed by atoms with Crippen molar-refractivity contribution in [2.24, 2.45) is 0 Å². The maximum Gasteiger partial charge on any atom is 0.231 e. The third-order valence-electron chi connectivity index (χ3n) is 3.56. The molecule has 120 valence electrons. The van der Waals surface area contributed by atoms with Crippen molar-refractivity contribution in [2.45, 2.75) is 55.3 Å². The topological polar surface area (TPSA) is 90.7 Å². The third-order valence-corrected chi connectivity index (χ3v) is 5.57. The van der Waals surface area contributed by atoms with Crippen LogP contribution in [-0.2, 0) is 4.79 Å². The average Bonchev–Trinajstić information content (AvgIpc) is 3.00. The molecule has 0 aliphatic heterocycles. The van der Waals surface area contributed by atoms with Crippen molar-refractivity contribution in [3.05, 3.63) is 0 Å². The molecule has 22 heavy (non-hydrogen) atoms. The van der Waals surface area contributed by atoms with Crippen molar-refractivity contribution in [1.82, 2.24) is 15.5 Å². The van der Waals surface area contributed by atoms with Gasteiger partial charge in [-0.05, 0) is 19.3 Å². The maximum absolute atomic E-state index is 12.1. The number of nitrogens with zero attached hydrogens (tertiary/aromatic N) is 3. The SMILES string of the molecule is CCCNc1nnc(SCC(=O)NC2(C#N)CCCCC2)s1. The zero-order valence-electron chi connectivity index (χ0n) is 12.7. The minimum atomic E-state index is -0.662. The summed E-state index contributed by atoms with van der Waals surface area (Å²) in [5.41, 5.74) is -0.662. The summed E-state index contributed by atoms with van der Waals surface area (Å²) < 4.78 is 0.767. The molecule has 2 rings (SSSR count). The summed E-state index contributed by atoms with van der Waals surface area (Å²) in [6.07, 6.45) is 5.69. The second-order valence-corrected chi connectivity index (χ2v) is 7.59. The molecule has 1 amide bonds. The molecule has 1 heterocycles. The monoisotopic (exact) mass is 339 g/mol. The van der Waals surface area contributed by atoms with Crippen LogP contribution in [0.25, 0.3) is 0 Å². The number of carbonyl (C=O) groups excluding carboxylic acids is 1. The zero-order valence-corrected chi connectivity index (χ0v) is 14.4. The highest BCUT2D eigenvalue weighted by molar-refractivity contribution is 8.01. The first kappa shape index (κ1) is 17.0. The Labute approximate surface area is 139 Å². The molecule has 2 N–H and O–H groups in total. The van der Waals surface area contributed by atoms with Gasteiger partial charge in [-0.15, -0.1) is 10.2 Å². The molecule has 1 aliphatic carbocycles. The molecule has 0 unspecified atom stereocenters. The van der Waals surface area contributed by atoms with Crippen molar-refractivity contribution >= 4 is 34.1 Å². The van der Waals surface area contributed by atoms with E-state index in [9.17, 15) is 10.1 Å². The molecule has 0 radical (unpaired) electrons. The number of hydrogen-bond donors (Lipinski definition) is 2. The molecule has 0 atom stereocenters. The molecule has 0 aromatic carbocycles. The van der Waals surface area contributed by atoms with E-state index in [4.69, 9.17) is 0 Å². The molecule has 1 aromatic rings. The lowest BCUT2D eigenvalue weighted by atomic mass is 9.83. The van der Waals surface area contributed by atoms with Gasteiger partial charge in [0.25, 0.3) is 0 Å². The zero-order chi connectivity index (χ0) is 15.8. The van der Waals surface area contributed by atoms with Crippen LogP contribution in [0.5, 0.6) is 0 Å². The van der Waals surface area contributed by atoms with E-state index in [1.807, 2.05) is 0 Å². The third kappa shape index (κ3) is 4.85. The van der Waals surface area contributed by atoms with Gasteiger partial charge in [0.05, 0.1) is 11.8 Å². The maximum atomic E-state index is 12.1. The highest BCUT2D eigenvalue weighted by atomic mass is 32.2. The Bertz CT molecular complexity index is 534. The highest BCUT2D eigenvalue weighted by Gasteiger charge is 2.33. The molecule has 1 aliphatic rings. The summed E-state index contributed by atoms with van der Waals surface area (Å²) in [6.45, 7) is 2.95. The van der Waals surface area contributed by atoms with Crippen LogP contribution in [0.15, 0.2) is 4.34 Å². The number of amides is 1. The summed E-state index contributed by atoms with van der Waals surface area (Å²) >= 11 is 2.81. The molecule has 0 saturated heterocycles. The van der Waals surface area contributed by atoms with Crippen molar-refractivity contribution < 1.29 is 4.79 Å². The molecular weight excluding hydrogens is 318 g/mol. The summed E-state index contributed by atoms with van der Waals surface area (Å²) in [6, 6.07) is 2.30. The Morgan fingerprint density at radius 3 is 2.86 bits per heavy atom. The first-order valence-corrected chi connectivity index (χ1v) is 9.40. The van der Waals surface area contributed by atoms with Crippen LogP contribution in [0.1, 0.15) is 45.4 Å². The van der Waals surface area contributed by atoms with Gasteiger partial charge in [0.1, 0.15) is 5.54 Å². The fourth-order valence-electron chi connectivity index (χ4n) is 2.42. The van der Waals surface area contributed by atoms with E-state index >= 15 is 0 Å². The van der Waals surface area contributed by atoms with E-state index in [0.717, 1.165) is 54.5 Å². The fraction of sp³-hybridized carbons (Fsp3) is 0.714. The molecule has 1 aromatic heterocycles. The number of nitrogens with one attached hydrogen (secondary N) is 2. The van der Waals surface area contributed by atoms with Gasteiger partial charge < -0.3 is 10.6 Å². The van der Waals surface area contributed by atoms with E-state index in [-0.39, 0.29) is 11.7 Å². The van der Waals surface area contributed by atoms with E-state index in [0.29, 0.717) is 0 Å². The van der Waals surface area contributed by atoms with Gasteiger partial charge in [-0.2, -0.15) is 5.26 Å². The number of aromatic nitrogens is 2. The predicted molar refractivity (Wildman–Crippen MR) is 89.0 cm³/mol. The molecule has 0 spiro atoms. The second kappa shape index (κ2) is 8.34. The minimum Gasteiger partial charge on any atom is -0.360 e. The number of rotatable bonds is 7. The van der Waals surface area contributed by atoms with Crippen molar-refractivity contribution in [1.29, 1.82) is 5.26 Å².